The molecule has 10 heteroatoms. The quantitative estimate of drug-likeness (QED) is 0.174. The van der Waals surface area contributed by atoms with E-state index in [0.717, 1.165) is 49.5 Å². The van der Waals surface area contributed by atoms with Gasteiger partial charge in [0.25, 0.3) is 0 Å². The summed E-state index contributed by atoms with van der Waals surface area (Å²) < 4.78 is 0. The van der Waals surface area contributed by atoms with Crippen molar-refractivity contribution in [3.05, 3.63) is 103 Å². The van der Waals surface area contributed by atoms with E-state index in [0.29, 0.717) is 36.1 Å². The van der Waals surface area contributed by atoms with Crippen LogP contribution < -0.4 is 25.3 Å². The van der Waals surface area contributed by atoms with E-state index in [2.05, 4.69) is 68.2 Å². The van der Waals surface area contributed by atoms with Gasteiger partial charge in [-0.05, 0) is 74.1 Å². The lowest BCUT2D eigenvalue weighted by Crippen LogP contribution is -2.44. The zero-order valence-corrected chi connectivity index (χ0v) is 25.2. The number of benzene rings is 3. The third-order valence-corrected chi connectivity index (χ3v) is 7.66. The first-order valence-corrected chi connectivity index (χ1v) is 14.6. The number of aromatic nitrogens is 2. The molecule has 1 fully saturated rings. The molecule has 0 aliphatic carbocycles. The van der Waals surface area contributed by atoms with Crippen LogP contribution in [-0.4, -0.2) is 74.0 Å². The lowest BCUT2D eigenvalue weighted by Gasteiger charge is -2.34. The number of nitrogens with one attached hydrogen (secondary N) is 2. The van der Waals surface area contributed by atoms with Gasteiger partial charge in [-0.15, -0.1) is 0 Å². The average Bonchev–Trinajstić information content (AvgIpc) is 3.06. The number of carbonyl (C=O) groups excluding carboxylic acids is 2. The molecule has 0 bridgehead atoms. The molecule has 44 heavy (non-hydrogen) atoms. The third-order valence-electron chi connectivity index (χ3n) is 7.66. The van der Waals surface area contributed by atoms with Crippen LogP contribution in [0, 0.1) is 0 Å². The van der Waals surface area contributed by atoms with E-state index in [1.54, 1.807) is 30.5 Å². The van der Waals surface area contributed by atoms with E-state index in [1.807, 2.05) is 37.4 Å². The highest BCUT2D eigenvalue weighted by atomic mass is 16.1. The Hall–Kier alpha value is -5.22. The molecule has 5 rings (SSSR count). The molecule has 0 spiro atoms. The second-order valence-electron chi connectivity index (χ2n) is 10.7. The van der Waals surface area contributed by atoms with Gasteiger partial charge in [0.15, 0.2) is 0 Å². The number of hydrogen-bond acceptors (Lipinski definition) is 8. The van der Waals surface area contributed by atoms with Crippen LogP contribution in [0.5, 0.6) is 0 Å². The van der Waals surface area contributed by atoms with Crippen LogP contribution in [0.25, 0.3) is 0 Å². The molecule has 4 aromatic rings. The first-order chi connectivity index (χ1) is 21.4. The van der Waals surface area contributed by atoms with Crippen LogP contribution in [0.3, 0.4) is 0 Å². The van der Waals surface area contributed by atoms with Crippen molar-refractivity contribution in [1.82, 2.24) is 14.9 Å². The zero-order chi connectivity index (χ0) is 30.9. The number of anilines is 7. The number of para-hydroxylation sites is 1. The summed E-state index contributed by atoms with van der Waals surface area (Å²) in [5, 5.41) is 6.06. The van der Waals surface area contributed by atoms with Crippen LogP contribution in [0.15, 0.2) is 97.7 Å². The smallest absolute Gasteiger partial charge is 0.247 e. The van der Waals surface area contributed by atoms with Gasteiger partial charge in [0.05, 0.1) is 5.69 Å². The van der Waals surface area contributed by atoms with Gasteiger partial charge in [-0.2, -0.15) is 4.98 Å². The van der Waals surface area contributed by atoms with Crippen molar-refractivity contribution in [1.29, 1.82) is 0 Å². The van der Waals surface area contributed by atoms with Gasteiger partial charge in [0, 0.05) is 74.3 Å². The molecule has 10 nitrogen and oxygen atoms in total. The first kappa shape index (κ1) is 30.2. The summed E-state index contributed by atoms with van der Waals surface area (Å²) in [5.41, 5.74) is 5.01. The van der Waals surface area contributed by atoms with E-state index in [4.69, 9.17) is 4.98 Å². The van der Waals surface area contributed by atoms with Crippen molar-refractivity contribution >= 4 is 52.5 Å². The fourth-order valence-electron chi connectivity index (χ4n) is 5.05. The molecule has 1 aliphatic rings. The minimum Gasteiger partial charge on any atom is -0.374 e. The molecule has 226 valence electrons. The van der Waals surface area contributed by atoms with Crippen molar-refractivity contribution in [2.24, 2.45) is 0 Å². The van der Waals surface area contributed by atoms with E-state index in [1.165, 1.54) is 16.7 Å². The van der Waals surface area contributed by atoms with Gasteiger partial charge >= 0.3 is 0 Å². The highest BCUT2D eigenvalue weighted by Gasteiger charge is 2.19. The summed E-state index contributed by atoms with van der Waals surface area (Å²) >= 11 is 0. The molecular formula is C34H38N8O2. The minimum atomic E-state index is -0.336. The first-order valence-electron chi connectivity index (χ1n) is 14.6. The Kier molecular flexibility index (Phi) is 9.83. The molecule has 0 unspecified atom stereocenters. The molecule has 1 saturated heterocycles. The number of piperazine rings is 1. The topological polar surface area (TPSA) is 96.9 Å². The Morgan fingerprint density at radius 1 is 0.955 bits per heavy atom. The Labute approximate surface area is 258 Å². The Balaban J connectivity index is 1.41. The monoisotopic (exact) mass is 590 g/mol. The van der Waals surface area contributed by atoms with Crippen molar-refractivity contribution in [3.63, 3.8) is 0 Å². The molecule has 2 amide bonds. The van der Waals surface area contributed by atoms with Gasteiger partial charge in [-0.25, -0.2) is 4.98 Å². The zero-order valence-electron chi connectivity index (χ0n) is 25.2. The maximum Gasteiger partial charge on any atom is 0.247 e. The standard InChI is InChI=1S/C34H38N8O2/c1-4-32(44)36-28-9-8-12-31(23-28)42(25-43)33-26(17-18-40(3)29-10-6-5-7-11-29)24-35-34(38-33)37-27-13-15-30(16-14-27)41-21-19-39(2)20-22-41/h4-16,23-25H,1,17-22H2,2-3H3,(H,36,44)(H,35,37,38). The molecule has 0 radical (unpaired) electrons. The third kappa shape index (κ3) is 7.59. The van der Waals surface area contributed by atoms with E-state index in [9.17, 15) is 9.59 Å². The second kappa shape index (κ2) is 14.3. The summed E-state index contributed by atoms with van der Waals surface area (Å²) in [6, 6.07) is 25.4. The van der Waals surface area contributed by atoms with Crippen LogP contribution >= 0.6 is 0 Å². The van der Waals surface area contributed by atoms with Crippen LogP contribution in [0.4, 0.5) is 40.2 Å². The molecule has 3 aromatic carbocycles. The summed E-state index contributed by atoms with van der Waals surface area (Å²) in [7, 11) is 4.18. The van der Waals surface area contributed by atoms with Crippen molar-refractivity contribution in [3.8, 4) is 0 Å². The SMILES string of the molecule is C=CC(=O)Nc1cccc(N(C=O)c2nc(Nc3ccc(N4CCN(C)CC4)cc3)ncc2CCN(C)c2ccccc2)c1. The summed E-state index contributed by atoms with van der Waals surface area (Å²) in [4.78, 5) is 42.3. The largest absolute Gasteiger partial charge is 0.374 e. The molecule has 1 aromatic heterocycles. The van der Waals surface area contributed by atoms with E-state index < -0.39 is 0 Å². The maximum absolute atomic E-state index is 12.6. The summed E-state index contributed by atoms with van der Waals surface area (Å²) in [6.07, 6.45) is 4.29. The highest BCUT2D eigenvalue weighted by molar-refractivity contribution is 5.99. The number of hydrogen-bond donors (Lipinski definition) is 2. The van der Waals surface area contributed by atoms with Crippen molar-refractivity contribution in [2.75, 3.05) is 72.2 Å². The van der Waals surface area contributed by atoms with Crippen molar-refractivity contribution in [2.45, 2.75) is 6.42 Å². The molecular weight excluding hydrogens is 552 g/mol. The molecule has 0 atom stereocenters. The molecule has 2 heterocycles. The summed E-state index contributed by atoms with van der Waals surface area (Å²) in [5.74, 6) is 0.493. The number of likely N-dealkylation sites (N-methyl/N-ethyl adjacent to an activating group) is 2. The van der Waals surface area contributed by atoms with Gasteiger partial charge in [0.2, 0.25) is 18.3 Å². The number of nitrogens with zero attached hydrogens (tertiary/aromatic N) is 6. The van der Waals surface area contributed by atoms with Crippen LogP contribution in [-0.2, 0) is 16.0 Å². The maximum atomic E-state index is 12.6. The van der Waals surface area contributed by atoms with E-state index >= 15 is 0 Å². The lowest BCUT2D eigenvalue weighted by molar-refractivity contribution is -0.112. The van der Waals surface area contributed by atoms with Gasteiger partial charge in [-0.3, -0.25) is 14.5 Å². The number of amides is 2. The fraction of sp³-hybridized carbons (Fsp3) is 0.235. The Morgan fingerprint density at radius 2 is 1.68 bits per heavy atom. The molecule has 0 saturated carbocycles. The Bertz CT molecular complexity index is 1570. The van der Waals surface area contributed by atoms with Gasteiger partial charge < -0.3 is 25.3 Å². The highest BCUT2D eigenvalue weighted by Crippen LogP contribution is 2.30. The molecule has 2 N–H and O–H groups in total. The van der Waals surface area contributed by atoms with Gasteiger partial charge in [-0.1, -0.05) is 30.8 Å². The van der Waals surface area contributed by atoms with Crippen molar-refractivity contribution < 1.29 is 9.59 Å². The van der Waals surface area contributed by atoms with Gasteiger partial charge in [0.1, 0.15) is 5.82 Å². The number of rotatable bonds is 12. The predicted molar refractivity (Wildman–Crippen MR) is 178 cm³/mol. The van der Waals surface area contributed by atoms with Crippen LogP contribution in [0.1, 0.15) is 5.56 Å². The van der Waals surface area contributed by atoms with E-state index in [-0.39, 0.29) is 5.91 Å². The number of carbonyl (C=O) groups is 2. The molecule has 1 aliphatic heterocycles. The van der Waals surface area contributed by atoms with Crippen LogP contribution in [0.2, 0.25) is 0 Å². The normalized spacial score (nSPS) is 13.2. The second-order valence-corrected chi connectivity index (χ2v) is 10.7. The summed E-state index contributed by atoms with van der Waals surface area (Å²) in [6.45, 7) is 8.27. The average molecular weight is 591 g/mol. The lowest BCUT2D eigenvalue weighted by atomic mass is 10.1. The Morgan fingerprint density at radius 3 is 2.39 bits per heavy atom. The predicted octanol–water partition coefficient (Wildman–Crippen LogP) is 5.07. The minimum absolute atomic E-state index is 0.336. The fourth-order valence-corrected chi connectivity index (χ4v) is 5.05.